The molecule has 6 nitrogen and oxygen atoms in total. The molecule has 1 saturated heterocycles. The minimum Gasteiger partial charge on any atom is -0.340 e. The minimum atomic E-state index is -0.444. The van der Waals surface area contributed by atoms with Crippen molar-refractivity contribution in [1.29, 1.82) is 0 Å². The maximum atomic E-state index is 12.8. The summed E-state index contributed by atoms with van der Waals surface area (Å²) in [5.41, 5.74) is 1.90. The number of aromatic nitrogens is 2. The third-order valence-electron chi connectivity index (χ3n) is 5.10. The van der Waals surface area contributed by atoms with Gasteiger partial charge in [0.05, 0.1) is 17.6 Å². The Hall–Kier alpha value is -3.12. The quantitative estimate of drug-likeness (QED) is 0.701. The highest BCUT2D eigenvalue weighted by atomic mass is 16.2. The molecule has 0 bridgehead atoms. The normalized spacial score (nSPS) is 15.0. The van der Waals surface area contributed by atoms with Gasteiger partial charge in [0.15, 0.2) is 0 Å². The minimum absolute atomic E-state index is 0.0314. The Kier molecular flexibility index (Phi) is 5.12. The zero-order chi connectivity index (χ0) is 19.5. The second-order valence-corrected chi connectivity index (χ2v) is 7.07. The van der Waals surface area contributed by atoms with E-state index in [-0.39, 0.29) is 18.0 Å². The third kappa shape index (κ3) is 3.77. The van der Waals surface area contributed by atoms with Gasteiger partial charge in [-0.1, -0.05) is 48.5 Å². The second kappa shape index (κ2) is 7.86. The number of hydrogen-bond acceptors (Lipinski definition) is 5. The first-order chi connectivity index (χ1) is 13.6. The lowest BCUT2D eigenvalue weighted by Crippen LogP contribution is -2.47. The van der Waals surface area contributed by atoms with E-state index in [0.29, 0.717) is 24.3 Å². The van der Waals surface area contributed by atoms with Crippen LogP contribution in [0.25, 0.3) is 22.2 Å². The standard InChI is InChI=1S/C22H22N4O2/c1-25-11-13-26(14-12-25)20(27)15-19-22(28)24-18-10-6-5-9-17(18)21(23-19)16-7-3-2-4-8-16/h2-10H,11-15H2,1H3. The van der Waals surface area contributed by atoms with E-state index in [1.165, 1.54) is 0 Å². The van der Waals surface area contributed by atoms with Crippen molar-refractivity contribution in [2.45, 2.75) is 6.42 Å². The van der Waals surface area contributed by atoms with Gasteiger partial charge in [0, 0.05) is 37.1 Å². The zero-order valence-electron chi connectivity index (χ0n) is 15.8. The molecule has 6 heteroatoms. The van der Waals surface area contributed by atoms with Gasteiger partial charge in [-0.15, -0.1) is 0 Å². The van der Waals surface area contributed by atoms with Crippen molar-refractivity contribution in [2.24, 2.45) is 0 Å². The summed E-state index contributed by atoms with van der Waals surface area (Å²) in [6, 6.07) is 17.1. The van der Waals surface area contributed by atoms with Crippen LogP contribution in [0.15, 0.2) is 59.4 Å². The summed E-state index contributed by atoms with van der Waals surface area (Å²) in [7, 11) is 2.04. The molecule has 0 radical (unpaired) electrons. The highest BCUT2D eigenvalue weighted by Crippen LogP contribution is 2.24. The van der Waals surface area contributed by atoms with Crippen LogP contribution in [-0.2, 0) is 11.2 Å². The average Bonchev–Trinajstić information content (AvgIpc) is 2.86. The summed E-state index contributed by atoms with van der Waals surface area (Å²) < 4.78 is 0. The van der Waals surface area contributed by atoms with Crippen molar-refractivity contribution in [1.82, 2.24) is 19.8 Å². The van der Waals surface area contributed by atoms with Crippen LogP contribution in [0.5, 0.6) is 0 Å². The van der Waals surface area contributed by atoms with Gasteiger partial charge in [-0.05, 0) is 13.1 Å². The fourth-order valence-corrected chi connectivity index (χ4v) is 3.43. The molecule has 0 spiro atoms. The first kappa shape index (κ1) is 18.3. The predicted molar refractivity (Wildman–Crippen MR) is 109 cm³/mol. The summed E-state index contributed by atoms with van der Waals surface area (Å²) in [5, 5.41) is 0.795. The summed E-state index contributed by atoms with van der Waals surface area (Å²) in [6.45, 7) is 3.01. The van der Waals surface area contributed by atoms with E-state index in [1.54, 1.807) is 11.0 Å². The lowest BCUT2D eigenvalue weighted by molar-refractivity contribution is -0.132. The Morgan fingerprint density at radius 2 is 1.61 bits per heavy atom. The van der Waals surface area contributed by atoms with Gasteiger partial charge in [-0.3, -0.25) is 9.59 Å². The largest absolute Gasteiger partial charge is 0.340 e. The van der Waals surface area contributed by atoms with Gasteiger partial charge < -0.3 is 9.80 Å². The molecule has 2 aromatic carbocycles. The number of nitrogens with zero attached hydrogens (tertiary/aromatic N) is 4. The van der Waals surface area contributed by atoms with E-state index in [1.807, 2.05) is 55.6 Å². The summed E-state index contributed by atoms with van der Waals surface area (Å²) >= 11 is 0. The molecule has 0 N–H and O–H groups in total. The average molecular weight is 374 g/mol. The van der Waals surface area contributed by atoms with E-state index < -0.39 is 5.56 Å². The molecule has 4 rings (SSSR count). The van der Waals surface area contributed by atoms with E-state index >= 15 is 0 Å². The smallest absolute Gasteiger partial charge is 0.292 e. The molecule has 1 aliphatic rings. The van der Waals surface area contributed by atoms with Crippen molar-refractivity contribution in [3.8, 4) is 11.3 Å². The number of carbonyl (C=O) groups is 1. The molecule has 142 valence electrons. The van der Waals surface area contributed by atoms with Crippen LogP contribution >= 0.6 is 0 Å². The zero-order valence-corrected chi connectivity index (χ0v) is 15.8. The maximum absolute atomic E-state index is 12.8. The number of hydrogen-bond donors (Lipinski definition) is 0. The predicted octanol–water partition coefficient (Wildman–Crippen LogP) is 1.97. The molecule has 1 aliphatic heterocycles. The molecular weight excluding hydrogens is 352 g/mol. The van der Waals surface area contributed by atoms with Crippen LogP contribution in [0.2, 0.25) is 0 Å². The first-order valence-electron chi connectivity index (χ1n) is 9.43. The highest BCUT2D eigenvalue weighted by Gasteiger charge is 2.21. The molecule has 1 aromatic heterocycles. The van der Waals surface area contributed by atoms with Crippen molar-refractivity contribution in [2.75, 3.05) is 33.2 Å². The molecular formula is C22H22N4O2. The molecule has 3 aromatic rings. The van der Waals surface area contributed by atoms with E-state index in [2.05, 4.69) is 14.9 Å². The molecule has 2 heterocycles. The Morgan fingerprint density at radius 3 is 2.36 bits per heavy atom. The topological polar surface area (TPSA) is 66.4 Å². The van der Waals surface area contributed by atoms with Crippen LogP contribution in [0.3, 0.4) is 0 Å². The highest BCUT2D eigenvalue weighted by molar-refractivity contribution is 5.91. The number of fused-ring (bicyclic) bond motifs is 1. The molecule has 1 fully saturated rings. The molecule has 0 atom stereocenters. The Labute approximate surface area is 163 Å². The van der Waals surface area contributed by atoms with Crippen molar-refractivity contribution < 1.29 is 4.79 Å². The second-order valence-electron chi connectivity index (χ2n) is 7.07. The summed E-state index contributed by atoms with van der Waals surface area (Å²) in [4.78, 5) is 38.4. The number of amides is 1. The monoisotopic (exact) mass is 374 g/mol. The first-order valence-corrected chi connectivity index (χ1v) is 9.43. The van der Waals surface area contributed by atoms with Gasteiger partial charge in [0.25, 0.3) is 5.56 Å². The SMILES string of the molecule is CN1CCN(C(=O)Cc2nc(-c3ccccc3)c3ccccc3nc2=O)CC1. The molecule has 1 amide bonds. The number of piperazine rings is 1. The molecule has 0 saturated carbocycles. The number of benzene rings is 2. The number of likely N-dealkylation sites (N-methyl/N-ethyl adjacent to an activating group) is 1. The van der Waals surface area contributed by atoms with Crippen molar-refractivity contribution >= 4 is 16.8 Å². The van der Waals surface area contributed by atoms with Crippen LogP contribution in [0.4, 0.5) is 0 Å². The van der Waals surface area contributed by atoms with Gasteiger partial charge in [0.1, 0.15) is 5.69 Å². The fraction of sp³-hybridized carbons (Fsp3) is 0.273. The molecule has 0 unspecified atom stereocenters. The van der Waals surface area contributed by atoms with Crippen LogP contribution in [0.1, 0.15) is 5.69 Å². The number of para-hydroxylation sites is 1. The van der Waals surface area contributed by atoms with Gasteiger partial charge in [-0.2, -0.15) is 0 Å². The van der Waals surface area contributed by atoms with Crippen LogP contribution in [0, 0.1) is 0 Å². The van der Waals surface area contributed by atoms with Crippen molar-refractivity contribution in [3.63, 3.8) is 0 Å². The lowest BCUT2D eigenvalue weighted by atomic mass is 10.1. The van der Waals surface area contributed by atoms with E-state index in [4.69, 9.17) is 0 Å². The summed E-state index contributed by atoms with van der Waals surface area (Å²) in [6.07, 6.45) is -0.0314. The number of carbonyl (C=O) groups excluding carboxylic acids is 1. The van der Waals surface area contributed by atoms with Crippen molar-refractivity contribution in [3.05, 3.63) is 70.6 Å². The maximum Gasteiger partial charge on any atom is 0.292 e. The van der Waals surface area contributed by atoms with Gasteiger partial charge in [0.2, 0.25) is 5.91 Å². The third-order valence-corrected chi connectivity index (χ3v) is 5.10. The fourth-order valence-electron chi connectivity index (χ4n) is 3.43. The number of rotatable bonds is 3. The van der Waals surface area contributed by atoms with Crippen LogP contribution in [-0.4, -0.2) is 58.9 Å². The Morgan fingerprint density at radius 1 is 0.929 bits per heavy atom. The van der Waals surface area contributed by atoms with Crippen LogP contribution < -0.4 is 5.56 Å². The summed E-state index contributed by atoms with van der Waals surface area (Å²) in [5.74, 6) is -0.0752. The van der Waals surface area contributed by atoms with E-state index in [0.717, 1.165) is 24.0 Å². The Balaban J connectivity index is 1.78. The molecule has 0 aliphatic carbocycles. The molecule has 28 heavy (non-hydrogen) atoms. The Bertz CT molecular complexity index is 1060. The van der Waals surface area contributed by atoms with Gasteiger partial charge in [-0.25, -0.2) is 9.97 Å². The van der Waals surface area contributed by atoms with Gasteiger partial charge >= 0.3 is 0 Å². The van der Waals surface area contributed by atoms with E-state index in [9.17, 15) is 9.59 Å². The lowest BCUT2D eigenvalue weighted by Gasteiger charge is -2.32.